The number of nitrogens with one attached hydrogen (secondary N) is 2. The summed E-state index contributed by atoms with van der Waals surface area (Å²) < 4.78 is 30.2. The highest BCUT2D eigenvalue weighted by Crippen LogP contribution is 2.21. The largest absolute Gasteiger partial charge is 0.494 e. The molecule has 0 fully saturated rings. The van der Waals surface area contributed by atoms with Gasteiger partial charge in [0, 0.05) is 19.3 Å². The van der Waals surface area contributed by atoms with E-state index in [4.69, 9.17) is 17.0 Å². The molecule has 2 rings (SSSR count). The smallest absolute Gasteiger partial charge is 0.231 e. The van der Waals surface area contributed by atoms with Crippen LogP contribution >= 0.6 is 12.2 Å². The van der Waals surface area contributed by atoms with E-state index in [0.717, 1.165) is 30.8 Å². The molecule has 6 nitrogen and oxygen atoms in total. The number of thiocarbonyl (C=S) groups is 1. The van der Waals surface area contributed by atoms with E-state index in [9.17, 15) is 8.42 Å². The average Bonchev–Trinajstić information content (AvgIpc) is 2.65. The third-order valence-corrected chi connectivity index (χ3v) is 5.60. The molecular weight excluding hydrogens is 394 g/mol. The molecule has 0 aliphatic carbocycles. The number of hydrogen-bond donors (Lipinski definition) is 2. The van der Waals surface area contributed by atoms with Gasteiger partial charge in [-0.15, -0.1) is 0 Å². The molecule has 0 spiro atoms. The van der Waals surface area contributed by atoms with E-state index < -0.39 is 10.0 Å². The minimum atomic E-state index is -3.31. The van der Waals surface area contributed by atoms with Crippen LogP contribution in [0.15, 0.2) is 48.5 Å². The SMILES string of the molecule is CCOc1ccccc1CCCNC(=S)Nc1cccc(N(C)S(C)(=O)=O)c1. The molecule has 0 aromatic heterocycles. The molecule has 0 saturated carbocycles. The summed E-state index contributed by atoms with van der Waals surface area (Å²) in [5.74, 6) is 0.928. The molecule has 0 aliphatic heterocycles. The van der Waals surface area contributed by atoms with Crippen LogP contribution in [0.4, 0.5) is 11.4 Å². The Kier molecular flexibility index (Phi) is 8.07. The standard InChI is InChI=1S/C20H27N3O3S2/c1-4-26-19-13-6-5-9-16(19)10-8-14-21-20(27)22-17-11-7-12-18(15-17)23(2)28(3,24)25/h5-7,9,11-13,15H,4,8,10,14H2,1-3H3,(H2,21,22,27). The maximum Gasteiger partial charge on any atom is 0.231 e. The molecule has 0 saturated heterocycles. The Morgan fingerprint density at radius 1 is 1.18 bits per heavy atom. The van der Waals surface area contributed by atoms with Crippen molar-refractivity contribution >= 4 is 38.7 Å². The van der Waals surface area contributed by atoms with E-state index in [2.05, 4.69) is 16.7 Å². The maximum atomic E-state index is 11.7. The second-order valence-electron chi connectivity index (χ2n) is 6.31. The molecule has 2 aromatic carbocycles. The Balaban J connectivity index is 1.84. The predicted octanol–water partition coefficient (Wildman–Crippen LogP) is 3.40. The summed E-state index contributed by atoms with van der Waals surface area (Å²) in [5, 5.41) is 6.77. The van der Waals surface area contributed by atoms with Crippen LogP contribution in [0.5, 0.6) is 5.75 Å². The number of nitrogens with zero attached hydrogens (tertiary/aromatic N) is 1. The molecule has 0 unspecified atom stereocenters. The van der Waals surface area contributed by atoms with Crippen LogP contribution in [0, 0.1) is 0 Å². The van der Waals surface area contributed by atoms with E-state index in [1.165, 1.54) is 23.2 Å². The summed E-state index contributed by atoms with van der Waals surface area (Å²) in [4.78, 5) is 0. The van der Waals surface area contributed by atoms with Gasteiger partial charge in [-0.3, -0.25) is 4.31 Å². The number of benzene rings is 2. The van der Waals surface area contributed by atoms with Gasteiger partial charge in [-0.1, -0.05) is 24.3 Å². The van der Waals surface area contributed by atoms with E-state index in [1.807, 2.05) is 31.2 Å². The van der Waals surface area contributed by atoms with Crippen molar-refractivity contribution < 1.29 is 13.2 Å². The van der Waals surface area contributed by atoms with Gasteiger partial charge in [-0.2, -0.15) is 0 Å². The first kappa shape index (κ1) is 22.0. The Morgan fingerprint density at radius 3 is 2.64 bits per heavy atom. The number of aryl methyl sites for hydroxylation is 1. The van der Waals surface area contributed by atoms with Crippen molar-refractivity contribution in [2.75, 3.05) is 36.1 Å². The zero-order valence-electron chi connectivity index (χ0n) is 16.4. The molecule has 152 valence electrons. The molecule has 2 aromatic rings. The number of anilines is 2. The van der Waals surface area contributed by atoms with Crippen LogP contribution in [0.25, 0.3) is 0 Å². The van der Waals surface area contributed by atoms with Crippen molar-refractivity contribution in [2.45, 2.75) is 19.8 Å². The molecule has 0 heterocycles. The molecular formula is C20H27N3O3S2. The second-order valence-corrected chi connectivity index (χ2v) is 8.73. The van der Waals surface area contributed by atoms with Crippen LogP contribution in [0.3, 0.4) is 0 Å². The molecule has 0 radical (unpaired) electrons. The van der Waals surface area contributed by atoms with Crippen LogP contribution in [-0.2, 0) is 16.4 Å². The summed E-state index contributed by atoms with van der Waals surface area (Å²) in [5.41, 5.74) is 2.48. The minimum Gasteiger partial charge on any atom is -0.494 e. The predicted molar refractivity (Wildman–Crippen MR) is 120 cm³/mol. The summed E-state index contributed by atoms with van der Waals surface area (Å²) >= 11 is 5.34. The highest BCUT2D eigenvalue weighted by molar-refractivity contribution is 7.92. The van der Waals surface area contributed by atoms with Gasteiger partial charge in [0.1, 0.15) is 5.75 Å². The van der Waals surface area contributed by atoms with Crippen LogP contribution in [-0.4, -0.2) is 40.0 Å². The van der Waals surface area contributed by atoms with Crippen molar-refractivity contribution in [1.29, 1.82) is 0 Å². The number of para-hydroxylation sites is 1. The summed E-state index contributed by atoms with van der Waals surface area (Å²) in [6.07, 6.45) is 2.96. The fourth-order valence-corrected chi connectivity index (χ4v) is 3.35. The van der Waals surface area contributed by atoms with Gasteiger partial charge in [0.2, 0.25) is 10.0 Å². The van der Waals surface area contributed by atoms with Gasteiger partial charge < -0.3 is 15.4 Å². The first-order chi connectivity index (χ1) is 13.3. The van der Waals surface area contributed by atoms with Crippen molar-refractivity contribution in [3.63, 3.8) is 0 Å². The van der Waals surface area contributed by atoms with E-state index in [1.54, 1.807) is 18.2 Å². The number of hydrogen-bond acceptors (Lipinski definition) is 4. The number of sulfonamides is 1. The molecule has 2 N–H and O–H groups in total. The minimum absolute atomic E-state index is 0.497. The van der Waals surface area contributed by atoms with Gasteiger partial charge >= 0.3 is 0 Å². The van der Waals surface area contributed by atoms with Gasteiger partial charge in [0.25, 0.3) is 0 Å². The summed E-state index contributed by atoms with van der Waals surface area (Å²) in [6.45, 7) is 3.34. The van der Waals surface area contributed by atoms with Crippen LogP contribution in [0.2, 0.25) is 0 Å². The lowest BCUT2D eigenvalue weighted by Gasteiger charge is -2.18. The fourth-order valence-electron chi connectivity index (χ4n) is 2.63. The third-order valence-electron chi connectivity index (χ3n) is 4.15. The lowest BCUT2D eigenvalue weighted by atomic mass is 10.1. The van der Waals surface area contributed by atoms with Gasteiger partial charge in [-0.05, 0) is 61.8 Å². The normalized spacial score (nSPS) is 11.0. The van der Waals surface area contributed by atoms with Crippen LogP contribution < -0.4 is 19.7 Å². The Bertz CT molecular complexity index is 901. The van der Waals surface area contributed by atoms with E-state index in [0.29, 0.717) is 17.4 Å². The zero-order chi connectivity index (χ0) is 20.6. The summed E-state index contributed by atoms with van der Waals surface area (Å²) in [7, 11) is -1.79. The van der Waals surface area contributed by atoms with Crippen molar-refractivity contribution in [3.05, 3.63) is 54.1 Å². The van der Waals surface area contributed by atoms with Gasteiger partial charge in [0.05, 0.1) is 18.6 Å². The Labute approximate surface area is 173 Å². The van der Waals surface area contributed by atoms with Gasteiger partial charge in [-0.25, -0.2) is 8.42 Å². The topological polar surface area (TPSA) is 70.7 Å². The number of ether oxygens (including phenoxy) is 1. The highest BCUT2D eigenvalue weighted by atomic mass is 32.2. The first-order valence-electron chi connectivity index (χ1n) is 9.10. The van der Waals surface area contributed by atoms with Gasteiger partial charge in [0.15, 0.2) is 5.11 Å². The van der Waals surface area contributed by atoms with Crippen molar-refractivity contribution in [2.24, 2.45) is 0 Å². The Morgan fingerprint density at radius 2 is 1.93 bits per heavy atom. The maximum absolute atomic E-state index is 11.7. The molecule has 0 amide bonds. The molecule has 8 heteroatoms. The lowest BCUT2D eigenvalue weighted by molar-refractivity contribution is 0.336. The first-order valence-corrected chi connectivity index (χ1v) is 11.4. The van der Waals surface area contributed by atoms with Crippen molar-refractivity contribution in [3.8, 4) is 5.75 Å². The van der Waals surface area contributed by atoms with Crippen molar-refractivity contribution in [1.82, 2.24) is 5.32 Å². The second kappa shape index (κ2) is 10.3. The lowest BCUT2D eigenvalue weighted by Crippen LogP contribution is -2.29. The third kappa shape index (κ3) is 6.69. The molecule has 0 aliphatic rings. The molecule has 28 heavy (non-hydrogen) atoms. The molecule has 0 bridgehead atoms. The summed E-state index contributed by atoms with van der Waals surface area (Å²) in [6, 6.07) is 15.1. The Hall–Kier alpha value is -2.32. The van der Waals surface area contributed by atoms with E-state index >= 15 is 0 Å². The molecule has 0 atom stereocenters. The average molecular weight is 422 g/mol. The highest BCUT2D eigenvalue weighted by Gasteiger charge is 2.12. The fraction of sp³-hybridized carbons (Fsp3) is 0.350. The zero-order valence-corrected chi connectivity index (χ0v) is 18.1. The quantitative estimate of drug-likeness (QED) is 0.478. The van der Waals surface area contributed by atoms with E-state index in [-0.39, 0.29) is 0 Å². The van der Waals surface area contributed by atoms with Crippen LogP contribution in [0.1, 0.15) is 18.9 Å². The number of rotatable bonds is 9. The monoisotopic (exact) mass is 421 g/mol.